The van der Waals surface area contributed by atoms with E-state index < -0.39 is 8.32 Å². The van der Waals surface area contributed by atoms with Gasteiger partial charge in [0.1, 0.15) is 17.7 Å². The topological polar surface area (TPSA) is 47.1 Å². The highest BCUT2D eigenvalue weighted by atomic mass is 28.4. The van der Waals surface area contributed by atoms with E-state index in [4.69, 9.17) is 8.84 Å². The van der Waals surface area contributed by atoms with Crippen molar-refractivity contribution >= 4 is 31.8 Å². The van der Waals surface area contributed by atoms with E-state index in [-0.39, 0.29) is 18.0 Å². The lowest BCUT2D eigenvalue weighted by atomic mass is 10.0. The number of halogens is 1. The zero-order valence-electron chi connectivity index (χ0n) is 12.9. The van der Waals surface area contributed by atoms with E-state index in [2.05, 4.69) is 29.6 Å². The summed E-state index contributed by atoms with van der Waals surface area (Å²) in [4.78, 5) is 8.26. The Morgan fingerprint density at radius 1 is 1.36 bits per heavy atom. The number of fused-ring (bicyclic) bond motifs is 1. The average molecular weight is 318 g/mol. The molecule has 1 aliphatic rings. The molecule has 0 N–H and O–H groups in total. The van der Waals surface area contributed by atoms with Gasteiger partial charge in [0.25, 0.3) is 0 Å². The molecule has 1 aromatic carbocycles. The van der Waals surface area contributed by atoms with E-state index in [9.17, 15) is 4.39 Å². The predicted molar refractivity (Wildman–Crippen MR) is 88.7 cm³/mol. The minimum Gasteiger partial charge on any atom is -0.464 e. The zero-order valence-corrected chi connectivity index (χ0v) is 13.9. The second-order valence-corrected chi connectivity index (χ2v) is 10.9. The molecule has 2 atom stereocenters. The molecule has 0 saturated heterocycles. The molecule has 2 aromatic rings. The molecule has 0 radical (unpaired) electrons. The molecule has 116 valence electrons. The van der Waals surface area contributed by atoms with Crippen LogP contribution in [0.1, 0.15) is 18.1 Å². The smallest absolute Gasteiger partial charge is 0.184 e. The van der Waals surface area contributed by atoms with Crippen LogP contribution in [0.5, 0.6) is 0 Å². The van der Waals surface area contributed by atoms with Gasteiger partial charge in [0, 0.05) is 29.7 Å². The molecular formula is C16H19FN2O2Si. The van der Waals surface area contributed by atoms with E-state index in [1.807, 2.05) is 12.1 Å². The molecule has 0 amide bonds. The van der Waals surface area contributed by atoms with E-state index in [0.717, 1.165) is 5.39 Å². The lowest BCUT2D eigenvalue weighted by Gasteiger charge is -2.28. The van der Waals surface area contributed by atoms with Gasteiger partial charge in [-0.3, -0.25) is 4.99 Å². The summed E-state index contributed by atoms with van der Waals surface area (Å²) in [5.41, 5.74) is 1.11. The molecule has 0 spiro atoms. The lowest BCUT2D eigenvalue weighted by molar-refractivity contribution is 0.181. The van der Waals surface area contributed by atoms with Gasteiger partial charge in [0.2, 0.25) is 0 Å². The molecule has 0 aliphatic carbocycles. The summed E-state index contributed by atoms with van der Waals surface area (Å²) in [5.74, 6) is -0.301. The van der Waals surface area contributed by atoms with Crippen molar-refractivity contribution in [1.82, 2.24) is 0 Å². The Hall–Kier alpha value is -1.79. The molecule has 2 heterocycles. The first-order chi connectivity index (χ1) is 10.4. The van der Waals surface area contributed by atoms with Crippen molar-refractivity contribution in [3.63, 3.8) is 0 Å². The van der Waals surface area contributed by atoms with Crippen LogP contribution in [-0.4, -0.2) is 26.9 Å². The maximum Gasteiger partial charge on any atom is 0.184 e. The average Bonchev–Trinajstić information content (AvgIpc) is 3.05. The van der Waals surface area contributed by atoms with Crippen molar-refractivity contribution in [3.05, 3.63) is 35.8 Å². The molecule has 6 heteroatoms. The van der Waals surface area contributed by atoms with Crippen LogP contribution < -0.4 is 0 Å². The molecular weight excluding hydrogens is 299 g/mol. The minimum absolute atomic E-state index is 0.0548. The van der Waals surface area contributed by atoms with Crippen LogP contribution in [-0.2, 0) is 4.43 Å². The Morgan fingerprint density at radius 3 is 2.86 bits per heavy atom. The molecule has 0 fully saturated rings. The molecule has 22 heavy (non-hydrogen) atoms. The first-order valence-electron chi connectivity index (χ1n) is 7.32. The van der Waals surface area contributed by atoms with Crippen molar-refractivity contribution < 1.29 is 13.2 Å². The second kappa shape index (κ2) is 5.77. The van der Waals surface area contributed by atoms with Crippen LogP contribution in [0.4, 0.5) is 4.39 Å². The third-order valence-corrected chi connectivity index (χ3v) is 4.44. The first-order valence-corrected chi connectivity index (χ1v) is 10.7. The minimum atomic E-state index is -1.84. The Bertz CT molecular complexity index is 721. The lowest BCUT2D eigenvalue weighted by Crippen LogP contribution is -2.30. The van der Waals surface area contributed by atoms with Crippen LogP contribution in [0.25, 0.3) is 11.0 Å². The molecule has 0 bridgehead atoms. The normalized spacial score (nSPS) is 19.2. The van der Waals surface area contributed by atoms with Gasteiger partial charge in [0.15, 0.2) is 8.32 Å². The van der Waals surface area contributed by atoms with Gasteiger partial charge in [-0.15, -0.1) is 0 Å². The Kier molecular flexibility index (Phi) is 3.97. The summed E-state index contributed by atoms with van der Waals surface area (Å²) in [6.45, 7) is 6.29. The summed E-state index contributed by atoms with van der Waals surface area (Å²) in [6.07, 6.45) is 5.12. The van der Waals surface area contributed by atoms with E-state index in [1.54, 1.807) is 12.5 Å². The molecule has 1 aromatic heterocycles. The number of hydrogen-bond donors (Lipinski definition) is 0. The van der Waals surface area contributed by atoms with Gasteiger partial charge in [-0.2, -0.15) is 0 Å². The largest absolute Gasteiger partial charge is 0.464 e. The number of hydrogen-bond acceptors (Lipinski definition) is 4. The van der Waals surface area contributed by atoms with E-state index >= 15 is 0 Å². The third kappa shape index (κ3) is 3.33. The van der Waals surface area contributed by atoms with Crippen molar-refractivity contribution in [2.75, 3.05) is 0 Å². The Morgan fingerprint density at radius 2 is 2.18 bits per heavy atom. The number of nitrogens with zero attached hydrogens (tertiary/aromatic N) is 2. The molecule has 0 unspecified atom stereocenters. The Balaban J connectivity index is 1.96. The van der Waals surface area contributed by atoms with E-state index in [1.165, 1.54) is 12.4 Å². The molecule has 3 rings (SSSR count). The zero-order chi connectivity index (χ0) is 15.7. The first kappa shape index (κ1) is 15.1. The van der Waals surface area contributed by atoms with Crippen LogP contribution in [0.15, 0.2) is 38.9 Å². The van der Waals surface area contributed by atoms with Crippen molar-refractivity contribution in [2.24, 2.45) is 9.98 Å². The maximum atomic E-state index is 14.5. The third-order valence-electron chi connectivity index (χ3n) is 3.45. The summed E-state index contributed by atoms with van der Waals surface area (Å²) in [7, 11) is -1.84. The van der Waals surface area contributed by atoms with Gasteiger partial charge in [-0.25, -0.2) is 9.38 Å². The number of benzene rings is 1. The monoisotopic (exact) mass is 318 g/mol. The predicted octanol–water partition coefficient (Wildman–Crippen LogP) is 4.34. The molecule has 0 saturated carbocycles. The number of aliphatic imine (C=N–C) groups is 2. The fraction of sp³-hybridized carbons (Fsp3) is 0.375. The van der Waals surface area contributed by atoms with Gasteiger partial charge in [-0.05, 0) is 31.8 Å². The molecule has 1 aliphatic heterocycles. The molecule has 4 nitrogen and oxygen atoms in total. The number of furan rings is 1. The SMILES string of the molecule is C[Si](C)(C)O[C@@H](C[C@H]1C=NC=N1)c1cc2ccoc2cc1F. The van der Waals surface area contributed by atoms with Crippen molar-refractivity contribution in [1.29, 1.82) is 0 Å². The second-order valence-electron chi connectivity index (χ2n) is 6.42. The van der Waals surface area contributed by atoms with Crippen LogP contribution in [0.3, 0.4) is 0 Å². The fourth-order valence-corrected chi connectivity index (χ4v) is 3.63. The summed E-state index contributed by atoms with van der Waals surface area (Å²) in [5, 5.41) is 0.879. The highest BCUT2D eigenvalue weighted by molar-refractivity contribution is 6.69. The van der Waals surface area contributed by atoms with Gasteiger partial charge in [-0.1, -0.05) is 0 Å². The van der Waals surface area contributed by atoms with Crippen LogP contribution in [0.2, 0.25) is 19.6 Å². The van der Waals surface area contributed by atoms with Gasteiger partial charge in [0.05, 0.1) is 18.4 Å². The maximum absolute atomic E-state index is 14.5. The Labute approximate surface area is 129 Å². The standard InChI is InChI=1S/C16H19FN2O2Si/c1-22(2,3)21-16(7-12-9-18-10-19-12)13-6-11-4-5-20-15(11)8-14(13)17/h4-6,8-10,12,16H,7H2,1-3H3/t12-,16-/m0/s1. The quantitative estimate of drug-likeness (QED) is 0.770. The summed E-state index contributed by atoms with van der Waals surface area (Å²) < 4.78 is 26.0. The van der Waals surface area contributed by atoms with Gasteiger partial charge < -0.3 is 8.84 Å². The highest BCUT2D eigenvalue weighted by Gasteiger charge is 2.27. The van der Waals surface area contributed by atoms with Gasteiger partial charge >= 0.3 is 0 Å². The number of rotatable bonds is 5. The van der Waals surface area contributed by atoms with Crippen LogP contribution in [0, 0.1) is 5.82 Å². The van der Waals surface area contributed by atoms with Crippen LogP contribution >= 0.6 is 0 Å². The van der Waals surface area contributed by atoms with Crippen molar-refractivity contribution in [2.45, 2.75) is 38.2 Å². The fourth-order valence-electron chi connectivity index (χ4n) is 2.56. The summed E-state index contributed by atoms with van der Waals surface area (Å²) in [6, 6.07) is 5.02. The highest BCUT2D eigenvalue weighted by Crippen LogP contribution is 2.32. The van der Waals surface area contributed by atoms with Crippen molar-refractivity contribution in [3.8, 4) is 0 Å². The summed E-state index contributed by atoms with van der Waals surface area (Å²) >= 11 is 0. The van der Waals surface area contributed by atoms with E-state index in [0.29, 0.717) is 17.6 Å².